The normalized spacial score (nSPS) is 16.1. The molecule has 1 aliphatic rings. The summed E-state index contributed by atoms with van der Waals surface area (Å²) >= 11 is 0. The van der Waals surface area contributed by atoms with Crippen LogP contribution in [0.1, 0.15) is 58.6 Å². The number of benzene rings is 3. The van der Waals surface area contributed by atoms with Crippen molar-refractivity contribution in [2.75, 3.05) is 25.4 Å². The number of hydrogen-bond acceptors (Lipinski definition) is 7. The van der Waals surface area contributed by atoms with Crippen molar-refractivity contribution in [3.05, 3.63) is 95.6 Å². The summed E-state index contributed by atoms with van der Waals surface area (Å²) in [6, 6.07) is 16.3. The first kappa shape index (κ1) is 38.9. The van der Waals surface area contributed by atoms with Gasteiger partial charge in [0, 0.05) is 30.4 Å². The highest BCUT2D eigenvalue weighted by Crippen LogP contribution is 2.45. The van der Waals surface area contributed by atoms with Crippen LogP contribution >= 0.6 is 0 Å². The maximum Gasteiger partial charge on any atom is 0.243 e. The molecule has 0 saturated heterocycles. The quantitative estimate of drug-likeness (QED) is 0.140. The van der Waals surface area contributed by atoms with Gasteiger partial charge in [-0.3, -0.25) is 14.9 Å². The fourth-order valence-corrected chi connectivity index (χ4v) is 7.50. The standard InChI is InChI=1S/C37H49F2N5O5S/c1-24(2)22-44(50(48,49)30-13-11-29(40)12-14-30)23-32(45)31(17-25-9-7-6-8-10-25)42-35(47)34(36(3,4)5)43-33(46)21-41-37(15-16-37)26-18-27(38)20-28(39)19-26/h6-14,18-20,24,31-32,34,41,45H,15-17,21-23,40H2,1-5H3,(H,42,47)(H,43,46)/t31-,32+,34+/m0/s1. The number of nitrogen functional groups attached to an aromatic ring is 1. The number of halogens is 2. The second-order valence-electron chi connectivity index (χ2n) is 14.6. The van der Waals surface area contributed by atoms with E-state index in [0.717, 1.165) is 11.6 Å². The van der Waals surface area contributed by atoms with Crippen molar-refractivity contribution >= 4 is 27.5 Å². The minimum Gasteiger partial charge on any atom is -0.399 e. The van der Waals surface area contributed by atoms with Crippen LogP contribution in [0.4, 0.5) is 14.5 Å². The molecule has 3 aromatic carbocycles. The maximum atomic E-state index is 14.0. The second kappa shape index (κ2) is 16.0. The number of sulfonamides is 1. The summed E-state index contributed by atoms with van der Waals surface area (Å²) < 4.78 is 56.5. The number of nitrogens with zero attached hydrogens (tertiary/aromatic N) is 1. The third-order valence-electron chi connectivity index (χ3n) is 8.75. The Morgan fingerprint density at radius 1 is 0.940 bits per heavy atom. The number of rotatable bonds is 16. The fraction of sp³-hybridized carbons (Fsp3) is 0.459. The molecule has 10 nitrogen and oxygen atoms in total. The number of hydrogen-bond donors (Lipinski definition) is 5. The number of aliphatic hydroxyl groups is 1. The molecule has 3 atom stereocenters. The van der Waals surface area contributed by atoms with Gasteiger partial charge in [-0.2, -0.15) is 4.31 Å². The zero-order valence-electron chi connectivity index (χ0n) is 29.2. The summed E-state index contributed by atoms with van der Waals surface area (Å²) in [7, 11) is -4.04. The Morgan fingerprint density at radius 3 is 2.08 bits per heavy atom. The number of carbonyl (C=O) groups is 2. The van der Waals surface area contributed by atoms with Gasteiger partial charge in [-0.15, -0.1) is 0 Å². The van der Waals surface area contributed by atoms with Crippen molar-refractivity contribution in [3.63, 3.8) is 0 Å². The van der Waals surface area contributed by atoms with Gasteiger partial charge in [0.1, 0.15) is 17.7 Å². The lowest BCUT2D eigenvalue weighted by Gasteiger charge is -2.34. The van der Waals surface area contributed by atoms with E-state index in [1.165, 1.54) is 40.7 Å². The fourth-order valence-electron chi connectivity index (χ4n) is 5.88. The Morgan fingerprint density at radius 2 is 1.54 bits per heavy atom. The van der Waals surface area contributed by atoms with Gasteiger partial charge in [0.25, 0.3) is 0 Å². The number of nitrogens with one attached hydrogen (secondary N) is 3. The minimum atomic E-state index is -4.04. The van der Waals surface area contributed by atoms with Gasteiger partial charge >= 0.3 is 0 Å². The highest BCUT2D eigenvalue weighted by atomic mass is 32.2. The van der Waals surface area contributed by atoms with E-state index in [0.29, 0.717) is 24.1 Å². The van der Waals surface area contributed by atoms with Gasteiger partial charge in [0.05, 0.1) is 23.6 Å². The van der Waals surface area contributed by atoms with Crippen LogP contribution in [0.5, 0.6) is 0 Å². The van der Waals surface area contributed by atoms with Crippen LogP contribution in [0.3, 0.4) is 0 Å². The molecular weight excluding hydrogens is 665 g/mol. The highest BCUT2D eigenvalue weighted by Gasteiger charge is 2.45. The van der Waals surface area contributed by atoms with Crippen LogP contribution in [0.2, 0.25) is 0 Å². The van der Waals surface area contributed by atoms with Gasteiger partial charge in [-0.25, -0.2) is 17.2 Å². The molecule has 13 heteroatoms. The smallest absolute Gasteiger partial charge is 0.243 e. The van der Waals surface area contributed by atoms with Crippen LogP contribution in [0.25, 0.3) is 0 Å². The van der Waals surface area contributed by atoms with Crippen LogP contribution < -0.4 is 21.7 Å². The molecular formula is C37H49F2N5O5S. The predicted octanol–water partition coefficient (Wildman–Crippen LogP) is 4.09. The largest absolute Gasteiger partial charge is 0.399 e. The van der Waals surface area contributed by atoms with Gasteiger partial charge in [-0.1, -0.05) is 65.0 Å². The maximum absolute atomic E-state index is 14.0. The van der Waals surface area contributed by atoms with Gasteiger partial charge < -0.3 is 21.5 Å². The van der Waals surface area contributed by atoms with Crippen LogP contribution in [0, 0.1) is 23.0 Å². The molecule has 272 valence electrons. The van der Waals surface area contributed by atoms with E-state index in [-0.39, 0.29) is 36.9 Å². The molecule has 6 N–H and O–H groups in total. The molecule has 1 fully saturated rings. The molecule has 0 aliphatic heterocycles. The topological polar surface area (TPSA) is 154 Å². The average molecular weight is 714 g/mol. The molecule has 0 radical (unpaired) electrons. The molecule has 1 saturated carbocycles. The van der Waals surface area contributed by atoms with Crippen LogP contribution in [-0.2, 0) is 31.6 Å². The number of anilines is 1. The van der Waals surface area contributed by atoms with E-state index >= 15 is 0 Å². The third kappa shape index (κ3) is 10.3. The molecule has 3 aromatic rings. The van der Waals surface area contributed by atoms with E-state index in [1.54, 1.807) is 20.8 Å². The lowest BCUT2D eigenvalue weighted by Crippen LogP contribution is -2.59. The zero-order valence-corrected chi connectivity index (χ0v) is 30.1. The molecule has 0 bridgehead atoms. The average Bonchev–Trinajstić information content (AvgIpc) is 3.83. The number of nitrogens with two attached hydrogens (primary N) is 1. The number of aliphatic hydroxyl groups excluding tert-OH is 1. The van der Waals surface area contributed by atoms with Crippen LogP contribution in [0.15, 0.2) is 77.7 Å². The Balaban J connectivity index is 1.52. The van der Waals surface area contributed by atoms with Crippen molar-refractivity contribution in [1.82, 2.24) is 20.3 Å². The SMILES string of the molecule is CC(C)CN(C[C@@H](O)[C@H](Cc1ccccc1)NC(=O)[C@@H](NC(=O)CNC1(c2cc(F)cc(F)c2)CC1)C(C)(C)C)S(=O)(=O)c1ccc(N)cc1. The summed E-state index contributed by atoms with van der Waals surface area (Å²) in [4.78, 5) is 27.2. The molecule has 50 heavy (non-hydrogen) atoms. The summed E-state index contributed by atoms with van der Waals surface area (Å²) in [5, 5.41) is 20.5. The van der Waals surface area contributed by atoms with E-state index < -0.39 is 62.6 Å². The van der Waals surface area contributed by atoms with Crippen molar-refractivity contribution in [2.24, 2.45) is 11.3 Å². The molecule has 0 unspecified atom stereocenters. The number of carbonyl (C=O) groups excluding carboxylic acids is 2. The summed E-state index contributed by atoms with van der Waals surface area (Å²) in [5.41, 5.74) is 5.90. The zero-order chi connectivity index (χ0) is 36.9. The van der Waals surface area contributed by atoms with E-state index in [1.807, 2.05) is 44.2 Å². The van der Waals surface area contributed by atoms with Gasteiger partial charge in [0.15, 0.2) is 0 Å². The predicted molar refractivity (Wildman–Crippen MR) is 189 cm³/mol. The van der Waals surface area contributed by atoms with Crippen molar-refractivity contribution in [1.29, 1.82) is 0 Å². The lowest BCUT2D eigenvalue weighted by molar-refractivity contribution is -0.132. The van der Waals surface area contributed by atoms with E-state index in [4.69, 9.17) is 5.73 Å². The molecule has 1 aliphatic carbocycles. The first-order valence-electron chi connectivity index (χ1n) is 16.8. The first-order chi connectivity index (χ1) is 23.4. The Bertz CT molecular complexity index is 1710. The van der Waals surface area contributed by atoms with Crippen molar-refractivity contribution in [2.45, 2.75) is 82.5 Å². The summed E-state index contributed by atoms with van der Waals surface area (Å²) in [6.45, 7) is 8.71. The lowest BCUT2D eigenvalue weighted by atomic mass is 9.85. The summed E-state index contributed by atoms with van der Waals surface area (Å²) in [6.07, 6.45) is 0.0334. The van der Waals surface area contributed by atoms with E-state index in [2.05, 4.69) is 16.0 Å². The first-order valence-corrected chi connectivity index (χ1v) is 18.2. The van der Waals surface area contributed by atoms with Gasteiger partial charge in [-0.05, 0) is 78.1 Å². The van der Waals surface area contributed by atoms with Crippen molar-refractivity contribution in [3.8, 4) is 0 Å². The molecule has 0 heterocycles. The highest BCUT2D eigenvalue weighted by molar-refractivity contribution is 7.89. The molecule has 4 rings (SSSR count). The third-order valence-corrected chi connectivity index (χ3v) is 10.6. The van der Waals surface area contributed by atoms with Crippen LogP contribution in [-0.4, -0.2) is 67.5 Å². The Kier molecular flexibility index (Phi) is 12.4. The Hall–Kier alpha value is -3.91. The molecule has 2 amide bonds. The van der Waals surface area contributed by atoms with Gasteiger partial charge in [0.2, 0.25) is 21.8 Å². The second-order valence-corrected chi connectivity index (χ2v) is 16.6. The number of amides is 2. The summed E-state index contributed by atoms with van der Waals surface area (Å²) in [5.74, 6) is -2.54. The Labute approximate surface area is 293 Å². The molecule has 0 spiro atoms. The van der Waals surface area contributed by atoms with E-state index in [9.17, 15) is 31.9 Å². The van der Waals surface area contributed by atoms with Crippen molar-refractivity contribution < 1.29 is 31.9 Å². The monoisotopic (exact) mass is 713 g/mol. The molecule has 0 aromatic heterocycles. The minimum absolute atomic E-state index is 0.0304.